The van der Waals surface area contributed by atoms with Crippen molar-refractivity contribution in [2.24, 2.45) is 0 Å². The number of hydrogen-bond acceptors (Lipinski definition) is 5. The maximum Gasteiger partial charge on any atom is 0.267 e. The summed E-state index contributed by atoms with van der Waals surface area (Å²) in [7, 11) is 0. The predicted molar refractivity (Wildman–Crippen MR) is 79.4 cm³/mol. The Morgan fingerprint density at radius 3 is 2.75 bits per heavy atom. The molecule has 9 heteroatoms. The maximum atomic E-state index is 13.8. The standard InChI is InChI=1S/C15H19F2N5O2/c1-9-6-10(2)22(19-9)5-4-13(23)21-8-15(16,17)7-12(21)14-18-11(3)20-24-14/h6,12H,4-5,7-8H2,1-3H3/t12-/m0/s1. The Morgan fingerprint density at radius 2 is 2.17 bits per heavy atom. The summed E-state index contributed by atoms with van der Waals surface area (Å²) in [6.07, 6.45) is -0.415. The lowest BCUT2D eigenvalue weighted by molar-refractivity contribution is -0.134. The van der Waals surface area contributed by atoms with Crippen molar-refractivity contribution in [3.8, 4) is 0 Å². The zero-order valence-corrected chi connectivity index (χ0v) is 13.8. The first-order valence-electron chi connectivity index (χ1n) is 7.74. The zero-order valence-electron chi connectivity index (χ0n) is 13.8. The fourth-order valence-electron chi connectivity index (χ4n) is 2.99. The number of halogens is 2. The van der Waals surface area contributed by atoms with E-state index in [-0.39, 0.29) is 18.2 Å². The van der Waals surface area contributed by atoms with E-state index in [2.05, 4.69) is 15.2 Å². The van der Waals surface area contributed by atoms with Gasteiger partial charge in [0, 0.05) is 25.1 Å². The molecule has 0 bridgehead atoms. The van der Waals surface area contributed by atoms with Crippen LogP contribution in [-0.4, -0.2) is 43.2 Å². The Hall–Kier alpha value is -2.32. The van der Waals surface area contributed by atoms with E-state index in [1.54, 1.807) is 11.6 Å². The Labute approximate surface area is 137 Å². The summed E-state index contributed by atoms with van der Waals surface area (Å²) >= 11 is 0. The molecule has 0 unspecified atom stereocenters. The molecule has 1 aliphatic heterocycles. The van der Waals surface area contributed by atoms with Crippen LogP contribution in [-0.2, 0) is 11.3 Å². The molecular weight excluding hydrogens is 320 g/mol. The number of aryl methyl sites for hydroxylation is 4. The number of likely N-dealkylation sites (tertiary alicyclic amines) is 1. The molecule has 0 N–H and O–H groups in total. The molecule has 3 rings (SSSR count). The van der Waals surface area contributed by atoms with Gasteiger partial charge in [0.1, 0.15) is 6.04 Å². The number of carbonyl (C=O) groups is 1. The van der Waals surface area contributed by atoms with Crippen molar-refractivity contribution >= 4 is 5.91 Å². The van der Waals surface area contributed by atoms with E-state index in [0.29, 0.717) is 12.4 Å². The normalized spacial score (nSPS) is 19.9. The predicted octanol–water partition coefficient (Wildman–Crippen LogP) is 2.19. The van der Waals surface area contributed by atoms with Crippen LogP contribution in [0, 0.1) is 20.8 Å². The molecule has 0 spiro atoms. The lowest BCUT2D eigenvalue weighted by Crippen LogP contribution is -2.33. The van der Waals surface area contributed by atoms with E-state index in [0.717, 1.165) is 16.3 Å². The van der Waals surface area contributed by atoms with Crippen molar-refractivity contribution in [2.75, 3.05) is 6.54 Å². The number of hydrogen-bond donors (Lipinski definition) is 0. The van der Waals surface area contributed by atoms with Crippen LogP contribution in [0.5, 0.6) is 0 Å². The van der Waals surface area contributed by atoms with E-state index in [1.807, 2.05) is 19.9 Å². The minimum atomic E-state index is -2.96. The molecular formula is C15H19F2N5O2. The summed E-state index contributed by atoms with van der Waals surface area (Å²) in [4.78, 5) is 17.6. The Morgan fingerprint density at radius 1 is 1.42 bits per heavy atom. The number of nitrogens with zero attached hydrogens (tertiary/aromatic N) is 5. The monoisotopic (exact) mass is 339 g/mol. The van der Waals surface area contributed by atoms with Crippen LogP contribution in [0.4, 0.5) is 8.78 Å². The first-order valence-corrected chi connectivity index (χ1v) is 7.74. The number of carbonyl (C=O) groups excluding carboxylic acids is 1. The van der Waals surface area contributed by atoms with Crippen molar-refractivity contribution in [3.63, 3.8) is 0 Å². The SMILES string of the molecule is Cc1cc(C)n(CCC(=O)N2CC(F)(F)C[C@H]2c2nc(C)no2)n1. The van der Waals surface area contributed by atoms with Gasteiger partial charge in [-0.3, -0.25) is 9.48 Å². The Bertz CT molecular complexity index is 755. The van der Waals surface area contributed by atoms with Crippen LogP contribution in [0.15, 0.2) is 10.6 Å². The summed E-state index contributed by atoms with van der Waals surface area (Å²) in [5.74, 6) is -2.92. The Balaban J connectivity index is 1.73. The summed E-state index contributed by atoms with van der Waals surface area (Å²) < 4.78 is 34.4. The molecule has 2 aromatic heterocycles. The molecule has 1 fully saturated rings. The van der Waals surface area contributed by atoms with Gasteiger partial charge in [-0.05, 0) is 26.8 Å². The van der Waals surface area contributed by atoms with Gasteiger partial charge in [-0.15, -0.1) is 0 Å². The number of rotatable bonds is 4. The second-order valence-corrected chi connectivity index (χ2v) is 6.18. The van der Waals surface area contributed by atoms with Gasteiger partial charge in [-0.1, -0.05) is 5.16 Å². The van der Waals surface area contributed by atoms with Crippen LogP contribution in [0.3, 0.4) is 0 Å². The van der Waals surface area contributed by atoms with Gasteiger partial charge in [-0.25, -0.2) is 8.78 Å². The largest absolute Gasteiger partial charge is 0.337 e. The van der Waals surface area contributed by atoms with Crippen LogP contribution >= 0.6 is 0 Å². The van der Waals surface area contributed by atoms with Gasteiger partial charge < -0.3 is 9.42 Å². The molecule has 1 aliphatic rings. The molecule has 130 valence electrons. The second kappa shape index (κ2) is 5.95. The molecule has 0 aliphatic carbocycles. The highest BCUT2D eigenvalue weighted by Gasteiger charge is 2.49. The van der Waals surface area contributed by atoms with Crippen molar-refractivity contribution in [1.29, 1.82) is 0 Å². The van der Waals surface area contributed by atoms with E-state index in [1.165, 1.54) is 0 Å². The number of alkyl halides is 2. The number of aromatic nitrogens is 4. The highest BCUT2D eigenvalue weighted by atomic mass is 19.3. The van der Waals surface area contributed by atoms with Crippen molar-refractivity contribution in [3.05, 3.63) is 29.2 Å². The van der Waals surface area contributed by atoms with Crippen molar-refractivity contribution in [1.82, 2.24) is 24.8 Å². The molecule has 0 aromatic carbocycles. The van der Waals surface area contributed by atoms with Crippen molar-refractivity contribution in [2.45, 2.75) is 52.1 Å². The maximum absolute atomic E-state index is 13.8. The minimum Gasteiger partial charge on any atom is -0.337 e. The quantitative estimate of drug-likeness (QED) is 0.853. The molecule has 24 heavy (non-hydrogen) atoms. The third kappa shape index (κ3) is 3.29. The zero-order chi connectivity index (χ0) is 17.5. The van der Waals surface area contributed by atoms with Crippen LogP contribution in [0.1, 0.15) is 42.0 Å². The lowest BCUT2D eigenvalue weighted by atomic mass is 10.2. The van der Waals surface area contributed by atoms with Gasteiger partial charge in [-0.2, -0.15) is 10.1 Å². The van der Waals surface area contributed by atoms with E-state index in [4.69, 9.17) is 4.52 Å². The van der Waals surface area contributed by atoms with Gasteiger partial charge in [0.05, 0.1) is 12.2 Å². The van der Waals surface area contributed by atoms with Crippen molar-refractivity contribution < 1.29 is 18.1 Å². The highest BCUT2D eigenvalue weighted by Crippen LogP contribution is 2.40. The fourth-order valence-corrected chi connectivity index (χ4v) is 2.99. The first-order chi connectivity index (χ1) is 11.2. The van der Waals surface area contributed by atoms with Crippen LogP contribution in [0.25, 0.3) is 0 Å². The third-order valence-corrected chi connectivity index (χ3v) is 4.06. The molecule has 1 amide bonds. The summed E-state index contributed by atoms with van der Waals surface area (Å²) in [6.45, 7) is 5.07. The second-order valence-electron chi connectivity index (χ2n) is 6.18. The van der Waals surface area contributed by atoms with Gasteiger partial charge >= 0.3 is 0 Å². The average molecular weight is 339 g/mol. The smallest absolute Gasteiger partial charge is 0.267 e. The molecule has 7 nitrogen and oxygen atoms in total. The molecule has 0 radical (unpaired) electrons. The highest BCUT2D eigenvalue weighted by molar-refractivity contribution is 5.77. The van der Waals surface area contributed by atoms with E-state index in [9.17, 15) is 13.6 Å². The first kappa shape index (κ1) is 16.5. The lowest BCUT2D eigenvalue weighted by Gasteiger charge is -2.21. The Kier molecular flexibility index (Phi) is 4.10. The summed E-state index contributed by atoms with van der Waals surface area (Å²) in [6, 6.07) is 1.02. The fraction of sp³-hybridized carbons (Fsp3) is 0.600. The molecule has 0 saturated carbocycles. The third-order valence-electron chi connectivity index (χ3n) is 4.06. The van der Waals surface area contributed by atoms with Crippen LogP contribution < -0.4 is 0 Å². The molecule has 1 saturated heterocycles. The summed E-state index contributed by atoms with van der Waals surface area (Å²) in [5, 5.41) is 7.90. The number of amides is 1. The van der Waals surface area contributed by atoms with E-state index >= 15 is 0 Å². The minimum absolute atomic E-state index is 0.0594. The average Bonchev–Trinajstić information content (AvgIpc) is 3.14. The summed E-state index contributed by atoms with van der Waals surface area (Å²) in [5.41, 5.74) is 1.78. The van der Waals surface area contributed by atoms with E-state index < -0.39 is 24.9 Å². The topological polar surface area (TPSA) is 77.0 Å². The molecule has 2 aromatic rings. The molecule has 1 atom stereocenters. The van der Waals surface area contributed by atoms with Gasteiger partial charge in [0.15, 0.2) is 5.82 Å². The molecule has 3 heterocycles. The van der Waals surface area contributed by atoms with Gasteiger partial charge in [0.25, 0.3) is 5.92 Å². The van der Waals surface area contributed by atoms with Crippen LogP contribution in [0.2, 0.25) is 0 Å². The van der Waals surface area contributed by atoms with Gasteiger partial charge in [0.2, 0.25) is 11.8 Å².